The van der Waals surface area contributed by atoms with Crippen LogP contribution in [-0.4, -0.2) is 48.4 Å². The second kappa shape index (κ2) is 10.4. The molecule has 5 heterocycles. The van der Waals surface area contributed by atoms with E-state index >= 15 is 0 Å². The zero-order valence-electron chi connectivity index (χ0n) is 21.6. The lowest BCUT2D eigenvalue weighted by Gasteiger charge is -2.06. The first-order valence-electron chi connectivity index (χ1n) is 11.3. The van der Waals surface area contributed by atoms with Crippen LogP contribution < -0.4 is 11.5 Å². The van der Waals surface area contributed by atoms with Crippen molar-refractivity contribution in [2.75, 3.05) is 11.5 Å². The Kier molecular flexibility index (Phi) is 6.84. The van der Waals surface area contributed by atoms with E-state index in [0.29, 0.717) is 44.0 Å². The van der Waals surface area contributed by atoms with Gasteiger partial charge in [0, 0.05) is 0 Å². The first kappa shape index (κ1) is 26.9. The summed E-state index contributed by atoms with van der Waals surface area (Å²) in [5.74, 6) is -0.282. The summed E-state index contributed by atoms with van der Waals surface area (Å²) in [5.41, 5.74) is 15.4. The summed E-state index contributed by atoms with van der Waals surface area (Å²) in [6.45, 7) is 14.0. The van der Waals surface area contributed by atoms with Gasteiger partial charge in [0.15, 0.2) is 33.0 Å². The number of azo groups is 2. The molecule has 5 aromatic rings. The van der Waals surface area contributed by atoms with E-state index in [-0.39, 0.29) is 34.9 Å². The smallest absolute Gasteiger partial charge is 0.320 e. The molecule has 0 amide bonds. The molecule has 0 aliphatic carbocycles. The Bertz CT molecular complexity index is 1830. The number of anilines is 2. The first-order valence-corrected chi connectivity index (χ1v) is 12.9. The Hall–Kier alpha value is -5.73. The molecule has 0 saturated carbocycles. The van der Waals surface area contributed by atoms with Gasteiger partial charge in [0.2, 0.25) is 5.69 Å². The number of aryl methyl sites for hydroxylation is 4. The normalized spacial score (nSPS) is 11.5. The summed E-state index contributed by atoms with van der Waals surface area (Å²) in [4.78, 5) is 15.6. The SMILES string of the molecule is [C-]#[N+]c1c(C)nsc1N=Nc1c(C)nn(-c2nc(O)nc(-n3nc(C)c(N=Nc4snc(C)c4C#N)c3N)n2)c1N. The quantitative estimate of drug-likeness (QED) is 0.184. The fourth-order valence-electron chi connectivity index (χ4n) is 3.45. The standard InChI is InChI=1S/C21H17N17OS2/c1-7-11(6-22)17(40-35-7)31-29-12-8(2)33-37(15(12)23)19-26-20(28-21(39)27-19)38-16(24)13(9(3)34-38)30-32-18-14(25-5)10(4)36-41-18/h23-24H2,1-4H3,(H,26,27,28,39). The average molecular weight is 588 g/mol. The van der Waals surface area contributed by atoms with Crippen LogP contribution in [0.4, 0.5) is 38.7 Å². The molecule has 0 aromatic carbocycles. The van der Waals surface area contributed by atoms with E-state index in [1.807, 2.05) is 6.07 Å². The molecule has 0 saturated heterocycles. The first-order chi connectivity index (χ1) is 19.6. The number of nitrogen functional groups attached to an aromatic ring is 2. The number of aromatic nitrogens is 9. The number of hydrogen-bond acceptors (Lipinski definition) is 17. The highest BCUT2D eigenvalue weighted by Gasteiger charge is 2.22. The third-order valence-corrected chi connectivity index (χ3v) is 7.11. The molecular weight excluding hydrogens is 570 g/mol. The summed E-state index contributed by atoms with van der Waals surface area (Å²) >= 11 is 2.06. The topological polar surface area (TPSA) is 250 Å². The van der Waals surface area contributed by atoms with Crippen molar-refractivity contribution in [2.45, 2.75) is 27.7 Å². The van der Waals surface area contributed by atoms with E-state index in [0.717, 1.165) is 32.4 Å². The molecule has 0 atom stereocenters. The monoisotopic (exact) mass is 587 g/mol. The largest absolute Gasteiger partial charge is 0.479 e. The molecule has 0 unspecified atom stereocenters. The minimum Gasteiger partial charge on any atom is -0.479 e. The summed E-state index contributed by atoms with van der Waals surface area (Å²) in [6, 6.07) is 1.39. The van der Waals surface area contributed by atoms with Crippen molar-refractivity contribution in [1.82, 2.24) is 43.3 Å². The van der Waals surface area contributed by atoms with Crippen molar-refractivity contribution in [3.8, 4) is 24.0 Å². The van der Waals surface area contributed by atoms with E-state index in [4.69, 9.17) is 18.0 Å². The molecule has 0 radical (unpaired) electrons. The maximum Gasteiger partial charge on any atom is 0.320 e. The second-order valence-electron chi connectivity index (χ2n) is 8.19. The molecule has 41 heavy (non-hydrogen) atoms. The van der Waals surface area contributed by atoms with Crippen molar-refractivity contribution >= 4 is 61.8 Å². The predicted octanol–water partition coefficient (Wildman–Crippen LogP) is 4.51. The summed E-state index contributed by atoms with van der Waals surface area (Å²) < 4.78 is 10.5. The molecule has 5 rings (SSSR count). The van der Waals surface area contributed by atoms with Crippen LogP contribution in [0.15, 0.2) is 20.5 Å². The van der Waals surface area contributed by atoms with Crippen molar-refractivity contribution < 1.29 is 5.11 Å². The molecule has 5 aromatic heterocycles. The predicted molar refractivity (Wildman–Crippen MR) is 147 cm³/mol. The number of nitriles is 1. The van der Waals surface area contributed by atoms with Gasteiger partial charge in [-0.15, -0.1) is 20.5 Å². The maximum absolute atomic E-state index is 10.3. The zero-order valence-corrected chi connectivity index (χ0v) is 23.3. The van der Waals surface area contributed by atoms with Crippen LogP contribution in [0, 0.1) is 45.6 Å². The lowest BCUT2D eigenvalue weighted by Crippen LogP contribution is -2.13. The lowest BCUT2D eigenvalue weighted by molar-refractivity contribution is 0.423. The molecular formula is C21H17N17OS2. The number of rotatable bonds is 6. The van der Waals surface area contributed by atoms with Gasteiger partial charge in [-0.05, 0) is 50.8 Å². The summed E-state index contributed by atoms with van der Waals surface area (Å²) in [5, 5.41) is 45.4. The van der Waals surface area contributed by atoms with Gasteiger partial charge in [-0.3, -0.25) is 0 Å². The molecule has 5 N–H and O–H groups in total. The summed E-state index contributed by atoms with van der Waals surface area (Å²) in [7, 11) is 0. The van der Waals surface area contributed by atoms with Gasteiger partial charge in [0.1, 0.15) is 11.6 Å². The molecule has 0 spiro atoms. The lowest BCUT2D eigenvalue weighted by atomic mass is 10.3. The van der Waals surface area contributed by atoms with Gasteiger partial charge in [0.05, 0.1) is 29.3 Å². The van der Waals surface area contributed by atoms with Gasteiger partial charge < -0.3 is 16.6 Å². The van der Waals surface area contributed by atoms with Crippen LogP contribution in [0.3, 0.4) is 0 Å². The molecule has 204 valence electrons. The Morgan fingerprint density at radius 3 is 1.85 bits per heavy atom. The Morgan fingerprint density at radius 1 is 0.805 bits per heavy atom. The van der Waals surface area contributed by atoms with E-state index in [2.05, 4.69) is 59.2 Å². The zero-order chi connectivity index (χ0) is 29.4. The number of hydrogen-bond donors (Lipinski definition) is 3. The van der Waals surface area contributed by atoms with E-state index in [1.165, 1.54) is 0 Å². The highest BCUT2D eigenvalue weighted by Crippen LogP contribution is 2.38. The third kappa shape index (κ3) is 4.80. The maximum atomic E-state index is 10.3. The molecule has 0 bridgehead atoms. The minimum absolute atomic E-state index is 0.0112. The van der Waals surface area contributed by atoms with Crippen LogP contribution in [0.1, 0.15) is 28.3 Å². The van der Waals surface area contributed by atoms with Crippen molar-refractivity contribution in [2.24, 2.45) is 20.5 Å². The highest BCUT2D eigenvalue weighted by molar-refractivity contribution is 7.10. The second-order valence-corrected chi connectivity index (χ2v) is 9.69. The highest BCUT2D eigenvalue weighted by atomic mass is 32.1. The van der Waals surface area contributed by atoms with Crippen LogP contribution in [0.5, 0.6) is 6.01 Å². The van der Waals surface area contributed by atoms with Gasteiger partial charge in [0.25, 0.3) is 11.9 Å². The van der Waals surface area contributed by atoms with E-state index < -0.39 is 6.01 Å². The number of nitrogens with zero attached hydrogens (tertiary/aromatic N) is 15. The number of nitrogens with two attached hydrogens (primary N) is 2. The fourth-order valence-corrected chi connectivity index (χ4v) is 4.80. The van der Waals surface area contributed by atoms with Gasteiger partial charge in [-0.25, -0.2) is 9.22 Å². The molecule has 0 fully saturated rings. The van der Waals surface area contributed by atoms with Crippen molar-refractivity contribution in [1.29, 1.82) is 5.26 Å². The van der Waals surface area contributed by atoms with Gasteiger partial charge in [-0.1, -0.05) is 0 Å². The molecule has 0 aliphatic rings. The van der Waals surface area contributed by atoms with Gasteiger partial charge in [-0.2, -0.15) is 44.1 Å². The fraction of sp³-hybridized carbons (Fsp3) is 0.190. The van der Waals surface area contributed by atoms with Gasteiger partial charge >= 0.3 is 6.01 Å². The Morgan fingerprint density at radius 2 is 1.32 bits per heavy atom. The van der Waals surface area contributed by atoms with E-state index in [1.54, 1.807) is 27.7 Å². The van der Waals surface area contributed by atoms with E-state index in [9.17, 15) is 10.4 Å². The van der Waals surface area contributed by atoms with Crippen LogP contribution in [0.25, 0.3) is 16.7 Å². The molecule has 18 nitrogen and oxygen atoms in total. The van der Waals surface area contributed by atoms with Crippen LogP contribution in [0.2, 0.25) is 0 Å². The third-order valence-electron chi connectivity index (χ3n) is 5.47. The Balaban J connectivity index is 1.51. The molecule has 0 aliphatic heterocycles. The Labute approximate surface area is 238 Å². The van der Waals surface area contributed by atoms with Crippen LogP contribution in [-0.2, 0) is 0 Å². The van der Waals surface area contributed by atoms with Crippen molar-refractivity contribution in [3.05, 3.63) is 39.8 Å². The van der Waals surface area contributed by atoms with Crippen molar-refractivity contribution in [3.63, 3.8) is 0 Å². The number of aromatic hydroxyl groups is 1. The minimum atomic E-state index is -0.655. The summed E-state index contributed by atoms with van der Waals surface area (Å²) in [6.07, 6.45) is 0. The average Bonchev–Trinajstić information content (AvgIpc) is 3.65. The molecule has 20 heteroatoms. The van der Waals surface area contributed by atoms with Crippen LogP contribution >= 0.6 is 23.1 Å².